The molecule has 2 aliphatic rings. The van der Waals surface area contributed by atoms with Gasteiger partial charge in [0.1, 0.15) is 4.95 Å². The van der Waals surface area contributed by atoms with Crippen LogP contribution >= 0.6 is 47.8 Å². The summed E-state index contributed by atoms with van der Waals surface area (Å²) in [7, 11) is 0. The fourth-order valence-electron chi connectivity index (χ4n) is 2.83. The van der Waals surface area contributed by atoms with Crippen molar-refractivity contribution in [3.05, 3.63) is 32.2 Å². The van der Waals surface area contributed by atoms with E-state index in [1.165, 1.54) is 39.7 Å². The third-order valence-electron chi connectivity index (χ3n) is 3.71. The van der Waals surface area contributed by atoms with E-state index in [0.717, 1.165) is 16.6 Å². The molecule has 4 heteroatoms. The number of alkyl halides is 1. The molecule has 1 nitrogen and oxygen atoms in total. The molecule has 0 saturated carbocycles. The van der Waals surface area contributed by atoms with Gasteiger partial charge in [-0.3, -0.25) is 0 Å². The van der Waals surface area contributed by atoms with Gasteiger partial charge in [-0.05, 0) is 68.3 Å². The van der Waals surface area contributed by atoms with Gasteiger partial charge in [-0.15, -0.1) is 0 Å². The van der Waals surface area contributed by atoms with Crippen LogP contribution in [0.2, 0.25) is 0 Å². The number of hydrogen-bond donors (Lipinski definition) is 0. The molecule has 17 heavy (non-hydrogen) atoms. The van der Waals surface area contributed by atoms with Crippen molar-refractivity contribution in [2.24, 2.45) is 0 Å². The highest BCUT2D eigenvalue weighted by Crippen LogP contribution is 2.52. The number of halogens is 3. The Labute approximate surface area is 127 Å². The van der Waals surface area contributed by atoms with Crippen molar-refractivity contribution in [2.75, 3.05) is 11.4 Å². The van der Waals surface area contributed by atoms with Gasteiger partial charge in [0.15, 0.2) is 0 Å². The minimum absolute atomic E-state index is 0.251. The van der Waals surface area contributed by atoms with E-state index in [9.17, 15) is 0 Å². The Hall–Kier alpha value is 0.200. The van der Waals surface area contributed by atoms with Crippen molar-refractivity contribution in [3.63, 3.8) is 0 Å². The first-order valence-corrected chi connectivity index (χ1v) is 8.14. The van der Waals surface area contributed by atoms with Crippen LogP contribution in [0.5, 0.6) is 0 Å². The van der Waals surface area contributed by atoms with Crippen LogP contribution in [0.3, 0.4) is 0 Å². The van der Waals surface area contributed by atoms with Crippen molar-refractivity contribution in [1.29, 1.82) is 0 Å². The molecule has 0 N–H and O–H groups in total. The molecular formula is C13H12Br3N. The Morgan fingerprint density at radius 2 is 2.00 bits per heavy atom. The topological polar surface area (TPSA) is 3.24 Å². The smallest absolute Gasteiger partial charge is 0.110 e. The lowest BCUT2D eigenvalue weighted by Crippen LogP contribution is -2.31. The van der Waals surface area contributed by atoms with Gasteiger partial charge in [0.05, 0.1) is 5.69 Å². The average Bonchev–Trinajstić information content (AvgIpc) is 2.58. The highest BCUT2D eigenvalue weighted by molar-refractivity contribution is 9.13. The SMILES string of the molecule is C=C1c2c(Br)c(Br)c(C)c3c2N(CCC3)C1Br. The van der Waals surface area contributed by atoms with E-state index in [4.69, 9.17) is 0 Å². The number of hydrogen-bond acceptors (Lipinski definition) is 1. The van der Waals surface area contributed by atoms with Crippen LogP contribution < -0.4 is 4.90 Å². The van der Waals surface area contributed by atoms with Crippen LogP contribution in [-0.4, -0.2) is 11.5 Å². The second-order valence-corrected chi connectivity index (χ2v) is 7.07. The van der Waals surface area contributed by atoms with Gasteiger partial charge < -0.3 is 4.90 Å². The van der Waals surface area contributed by atoms with Gasteiger partial charge in [0, 0.05) is 21.1 Å². The summed E-state index contributed by atoms with van der Waals surface area (Å²) in [5.74, 6) is 0. The van der Waals surface area contributed by atoms with Crippen LogP contribution in [0.15, 0.2) is 15.5 Å². The van der Waals surface area contributed by atoms with Gasteiger partial charge in [-0.1, -0.05) is 22.5 Å². The fourth-order valence-corrected chi connectivity index (χ4v) is 4.64. The van der Waals surface area contributed by atoms with Gasteiger partial charge >= 0.3 is 0 Å². The second-order valence-electron chi connectivity index (χ2n) is 4.61. The summed E-state index contributed by atoms with van der Waals surface area (Å²) < 4.78 is 2.32. The van der Waals surface area contributed by atoms with Crippen molar-refractivity contribution < 1.29 is 0 Å². The molecule has 0 fully saturated rings. The maximum Gasteiger partial charge on any atom is 0.110 e. The van der Waals surface area contributed by atoms with Gasteiger partial charge in [0.25, 0.3) is 0 Å². The maximum absolute atomic E-state index is 4.24. The minimum atomic E-state index is 0.251. The standard InChI is InChI=1S/C13H12Br3N/c1-6-8-4-3-5-17-12(8)9(7(2)13(17)16)11(15)10(6)14/h13H,2-5H2,1H3. The fraction of sp³-hybridized carbons (Fsp3) is 0.385. The largest absolute Gasteiger partial charge is 0.354 e. The number of nitrogens with zero attached hydrogens (tertiary/aromatic N) is 1. The molecule has 0 aromatic heterocycles. The predicted octanol–water partition coefficient (Wildman–Crippen LogP) is 5.02. The molecule has 2 heterocycles. The van der Waals surface area contributed by atoms with Crippen LogP contribution in [-0.2, 0) is 6.42 Å². The first-order valence-electron chi connectivity index (χ1n) is 5.64. The second kappa shape index (κ2) is 4.10. The monoisotopic (exact) mass is 419 g/mol. The van der Waals surface area contributed by atoms with Gasteiger partial charge in [0.2, 0.25) is 0 Å². The Kier molecular flexibility index (Phi) is 2.96. The van der Waals surface area contributed by atoms with Gasteiger partial charge in [-0.25, -0.2) is 0 Å². The zero-order valence-electron chi connectivity index (χ0n) is 9.49. The van der Waals surface area contributed by atoms with E-state index in [1.807, 2.05) is 0 Å². The molecule has 3 rings (SSSR count). The van der Waals surface area contributed by atoms with Gasteiger partial charge in [-0.2, -0.15) is 0 Å². The molecule has 90 valence electrons. The molecule has 1 unspecified atom stereocenters. The molecule has 2 aliphatic heterocycles. The molecule has 0 saturated heterocycles. The Morgan fingerprint density at radius 1 is 1.29 bits per heavy atom. The summed E-state index contributed by atoms with van der Waals surface area (Å²) in [5, 5.41) is 0. The third-order valence-corrected chi connectivity index (χ3v) is 7.08. The predicted molar refractivity (Wildman–Crippen MR) is 84.0 cm³/mol. The zero-order valence-corrected chi connectivity index (χ0v) is 14.2. The Balaban J connectivity index is 2.40. The molecule has 1 aromatic rings. The molecular weight excluding hydrogens is 410 g/mol. The summed E-state index contributed by atoms with van der Waals surface area (Å²) >= 11 is 11.2. The molecule has 0 aliphatic carbocycles. The van der Waals surface area contributed by atoms with E-state index in [0.29, 0.717) is 0 Å². The molecule has 1 atom stereocenters. The number of anilines is 1. The van der Waals surface area contributed by atoms with Crippen molar-refractivity contribution in [2.45, 2.75) is 24.7 Å². The normalized spacial score (nSPS) is 22.0. The molecule has 1 aromatic carbocycles. The lowest BCUT2D eigenvalue weighted by atomic mass is 9.95. The van der Waals surface area contributed by atoms with Crippen LogP contribution in [0.1, 0.15) is 23.1 Å². The summed E-state index contributed by atoms with van der Waals surface area (Å²) in [6, 6.07) is 0. The van der Waals surface area contributed by atoms with E-state index < -0.39 is 0 Å². The van der Waals surface area contributed by atoms with Crippen molar-refractivity contribution in [1.82, 2.24) is 0 Å². The van der Waals surface area contributed by atoms with Crippen LogP contribution in [0, 0.1) is 6.92 Å². The van der Waals surface area contributed by atoms with Crippen LogP contribution in [0.4, 0.5) is 5.69 Å². The molecule has 0 radical (unpaired) electrons. The summed E-state index contributed by atoms with van der Waals surface area (Å²) in [6.07, 6.45) is 2.39. The van der Waals surface area contributed by atoms with Crippen molar-refractivity contribution >= 4 is 59.1 Å². The highest BCUT2D eigenvalue weighted by Gasteiger charge is 2.37. The lowest BCUT2D eigenvalue weighted by molar-refractivity contribution is 0.723. The Morgan fingerprint density at radius 3 is 2.71 bits per heavy atom. The number of benzene rings is 1. The maximum atomic E-state index is 4.24. The van der Waals surface area contributed by atoms with E-state index in [-0.39, 0.29) is 4.95 Å². The first kappa shape index (κ1) is 12.2. The minimum Gasteiger partial charge on any atom is -0.354 e. The lowest BCUT2D eigenvalue weighted by Gasteiger charge is -2.31. The van der Waals surface area contributed by atoms with E-state index in [2.05, 4.69) is 66.2 Å². The van der Waals surface area contributed by atoms with Crippen LogP contribution in [0.25, 0.3) is 5.57 Å². The zero-order chi connectivity index (χ0) is 12.3. The molecule has 0 bridgehead atoms. The first-order chi connectivity index (χ1) is 8.04. The Bertz CT molecular complexity index is 536. The number of rotatable bonds is 0. The summed E-state index contributed by atoms with van der Waals surface area (Å²) in [6.45, 7) is 7.54. The quantitative estimate of drug-likeness (QED) is 0.420. The van der Waals surface area contributed by atoms with Crippen molar-refractivity contribution in [3.8, 4) is 0 Å². The molecule has 0 amide bonds. The molecule has 0 spiro atoms. The average molecular weight is 422 g/mol. The van der Waals surface area contributed by atoms with E-state index >= 15 is 0 Å². The summed E-state index contributed by atoms with van der Waals surface area (Å²) in [5.41, 5.74) is 6.66. The highest BCUT2D eigenvalue weighted by atomic mass is 79.9. The van der Waals surface area contributed by atoms with E-state index in [1.54, 1.807) is 0 Å². The third kappa shape index (κ3) is 1.53. The summed E-state index contributed by atoms with van der Waals surface area (Å²) in [4.78, 5) is 2.68.